The molecule has 0 bridgehead atoms. The number of thioether (sulfide) groups is 1. The fraction of sp³-hybridized carbons (Fsp3) is 0.765. The first-order chi connectivity index (χ1) is 12.5. The SMILES string of the molecule is O=[C]CCCCCNC(=O)[C@@]1(CCCCC(=O)O)SC[C@@H]2NC(=O)N[C@@H]21. The van der Waals surface area contributed by atoms with Gasteiger partial charge in [-0.1, -0.05) is 12.8 Å². The number of nitrogens with one attached hydrogen (secondary N) is 3. The van der Waals surface area contributed by atoms with Crippen LogP contribution in [0.1, 0.15) is 51.4 Å². The third kappa shape index (κ3) is 5.12. The summed E-state index contributed by atoms with van der Waals surface area (Å²) in [6.07, 6.45) is 6.39. The summed E-state index contributed by atoms with van der Waals surface area (Å²) in [4.78, 5) is 45.5. The second-order valence-electron chi connectivity index (χ2n) is 6.71. The molecular weight excluding hydrogens is 358 g/mol. The van der Waals surface area contributed by atoms with Crippen molar-refractivity contribution < 1.29 is 24.3 Å². The van der Waals surface area contributed by atoms with E-state index in [9.17, 15) is 19.2 Å². The van der Waals surface area contributed by atoms with Gasteiger partial charge in [-0.15, -0.1) is 11.8 Å². The molecule has 0 aromatic rings. The maximum atomic E-state index is 12.9. The van der Waals surface area contributed by atoms with E-state index < -0.39 is 10.7 Å². The maximum absolute atomic E-state index is 12.9. The Bertz CT molecular complexity index is 544. The molecule has 3 amide bonds. The topological polar surface area (TPSA) is 125 Å². The molecule has 8 nitrogen and oxygen atoms in total. The number of urea groups is 1. The van der Waals surface area contributed by atoms with Crippen LogP contribution in [0.15, 0.2) is 0 Å². The monoisotopic (exact) mass is 384 g/mol. The Morgan fingerprint density at radius 1 is 1.23 bits per heavy atom. The second kappa shape index (κ2) is 9.80. The van der Waals surface area contributed by atoms with E-state index in [1.54, 1.807) is 0 Å². The lowest BCUT2D eigenvalue weighted by Gasteiger charge is -2.32. The van der Waals surface area contributed by atoms with Crippen LogP contribution in [0.2, 0.25) is 0 Å². The van der Waals surface area contributed by atoms with E-state index in [0.29, 0.717) is 38.0 Å². The Hall–Kier alpha value is -1.77. The lowest BCUT2D eigenvalue weighted by molar-refractivity contribution is -0.137. The highest BCUT2D eigenvalue weighted by molar-refractivity contribution is 8.01. The molecule has 1 radical (unpaired) electrons. The molecule has 3 atom stereocenters. The Morgan fingerprint density at radius 2 is 2.04 bits per heavy atom. The molecule has 0 unspecified atom stereocenters. The van der Waals surface area contributed by atoms with Crippen molar-refractivity contribution in [1.82, 2.24) is 16.0 Å². The van der Waals surface area contributed by atoms with E-state index >= 15 is 0 Å². The molecule has 0 aliphatic carbocycles. The summed E-state index contributed by atoms with van der Waals surface area (Å²) < 4.78 is -0.765. The number of fused-ring (bicyclic) bond motifs is 1. The van der Waals surface area contributed by atoms with Crippen molar-refractivity contribution in [3.63, 3.8) is 0 Å². The molecule has 26 heavy (non-hydrogen) atoms. The molecule has 4 N–H and O–H groups in total. The van der Waals surface area contributed by atoms with Crippen LogP contribution in [0.5, 0.6) is 0 Å². The quantitative estimate of drug-likeness (QED) is 0.293. The number of aliphatic carboxylic acids is 1. The van der Waals surface area contributed by atoms with Gasteiger partial charge >= 0.3 is 12.0 Å². The van der Waals surface area contributed by atoms with Gasteiger partial charge in [0.2, 0.25) is 5.91 Å². The van der Waals surface area contributed by atoms with E-state index in [1.165, 1.54) is 11.8 Å². The predicted octanol–water partition coefficient (Wildman–Crippen LogP) is 0.953. The van der Waals surface area contributed by atoms with Crippen molar-refractivity contribution in [2.45, 2.75) is 68.2 Å². The lowest BCUT2D eigenvalue weighted by atomic mass is 9.88. The van der Waals surface area contributed by atoms with Crippen molar-refractivity contribution in [2.24, 2.45) is 0 Å². The molecule has 0 spiro atoms. The first-order valence-electron chi connectivity index (χ1n) is 9.05. The number of carbonyl (C=O) groups is 3. The first-order valence-corrected chi connectivity index (χ1v) is 10.0. The standard InChI is InChI=1S/C17H26N3O5S/c21-10-6-2-1-5-9-18-15(24)17(8-4-3-7-13(22)23)14-12(11-26-17)19-16(25)20-14/h12,14H,1-9,11H2,(H,18,24)(H,22,23)(H2,19,20,25)/t12-,14-,17-/m0/s1. The number of carboxylic acid groups (broad SMARTS) is 1. The van der Waals surface area contributed by atoms with Gasteiger partial charge in [0.25, 0.3) is 0 Å². The minimum Gasteiger partial charge on any atom is -0.481 e. The van der Waals surface area contributed by atoms with Crippen LogP contribution in [-0.2, 0) is 14.4 Å². The molecule has 0 aromatic heterocycles. The summed E-state index contributed by atoms with van der Waals surface area (Å²) in [6, 6.07) is -0.622. The zero-order chi connectivity index (χ0) is 19.0. The molecular formula is C17H26N3O5S. The number of hydrogen-bond acceptors (Lipinski definition) is 5. The molecule has 2 saturated heterocycles. The van der Waals surface area contributed by atoms with Crippen LogP contribution in [-0.4, -0.2) is 58.4 Å². The molecule has 145 valence electrons. The second-order valence-corrected chi connectivity index (χ2v) is 8.06. The summed E-state index contributed by atoms with van der Waals surface area (Å²) in [5.74, 6) is -0.287. The average molecular weight is 384 g/mol. The van der Waals surface area contributed by atoms with Gasteiger partial charge in [0.15, 0.2) is 6.29 Å². The number of unbranched alkanes of at least 4 members (excludes halogenated alkanes) is 4. The molecule has 0 aromatic carbocycles. The van der Waals surface area contributed by atoms with Gasteiger partial charge in [-0.25, -0.2) is 4.79 Å². The lowest BCUT2D eigenvalue weighted by Crippen LogP contribution is -2.56. The highest BCUT2D eigenvalue weighted by Gasteiger charge is 2.57. The van der Waals surface area contributed by atoms with E-state index in [1.807, 2.05) is 6.29 Å². The molecule has 2 aliphatic heterocycles. The van der Waals surface area contributed by atoms with Crippen LogP contribution in [0.3, 0.4) is 0 Å². The van der Waals surface area contributed by atoms with Gasteiger partial charge in [-0.3, -0.25) is 14.4 Å². The van der Waals surface area contributed by atoms with Crippen molar-refractivity contribution in [3.8, 4) is 0 Å². The number of carbonyl (C=O) groups excluding carboxylic acids is 3. The van der Waals surface area contributed by atoms with Gasteiger partial charge in [0.05, 0.1) is 12.1 Å². The van der Waals surface area contributed by atoms with E-state index in [0.717, 1.165) is 19.3 Å². The molecule has 2 aliphatic rings. The molecule has 2 heterocycles. The number of hydrogen-bond donors (Lipinski definition) is 4. The molecule has 2 rings (SSSR count). The van der Waals surface area contributed by atoms with Crippen LogP contribution < -0.4 is 16.0 Å². The Labute approximate surface area is 157 Å². The zero-order valence-corrected chi connectivity index (χ0v) is 15.5. The van der Waals surface area contributed by atoms with Crippen molar-refractivity contribution in [2.75, 3.05) is 12.3 Å². The highest BCUT2D eigenvalue weighted by Crippen LogP contribution is 2.44. The van der Waals surface area contributed by atoms with Gasteiger partial charge < -0.3 is 21.1 Å². The van der Waals surface area contributed by atoms with E-state index in [-0.39, 0.29) is 30.4 Å². The predicted molar refractivity (Wildman–Crippen MR) is 97.7 cm³/mol. The Kier molecular flexibility index (Phi) is 7.74. The summed E-state index contributed by atoms with van der Waals surface area (Å²) in [5, 5.41) is 17.5. The minimum absolute atomic E-state index is 0.0782. The average Bonchev–Trinajstić information content (AvgIpc) is 3.13. The molecule has 0 saturated carbocycles. The van der Waals surface area contributed by atoms with Crippen molar-refractivity contribution in [3.05, 3.63) is 0 Å². The molecule has 2 fully saturated rings. The van der Waals surface area contributed by atoms with Crippen molar-refractivity contribution >= 4 is 36.0 Å². The van der Waals surface area contributed by atoms with E-state index in [4.69, 9.17) is 5.11 Å². The zero-order valence-electron chi connectivity index (χ0n) is 14.7. The summed E-state index contributed by atoms with van der Waals surface area (Å²) >= 11 is 1.53. The largest absolute Gasteiger partial charge is 0.481 e. The summed E-state index contributed by atoms with van der Waals surface area (Å²) in [6.45, 7) is 0.522. The fourth-order valence-electron chi connectivity index (χ4n) is 3.51. The third-order valence-electron chi connectivity index (χ3n) is 4.84. The number of amides is 3. The van der Waals surface area contributed by atoms with Crippen molar-refractivity contribution in [1.29, 1.82) is 0 Å². The van der Waals surface area contributed by atoms with Crippen LogP contribution >= 0.6 is 11.8 Å². The van der Waals surface area contributed by atoms with Crippen LogP contribution in [0.4, 0.5) is 4.79 Å². The summed E-state index contributed by atoms with van der Waals surface area (Å²) in [7, 11) is 0. The molecule has 9 heteroatoms. The highest BCUT2D eigenvalue weighted by atomic mass is 32.2. The third-order valence-corrected chi connectivity index (χ3v) is 6.53. The van der Waals surface area contributed by atoms with Crippen LogP contribution in [0.25, 0.3) is 0 Å². The van der Waals surface area contributed by atoms with Gasteiger partial charge in [0.1, 0.15) is 4.75 Å². The van der Waals surface area contributed by atoms with Gasteiger partial charge in [-0.2, -0.15) is 0 Å². The number of rotatable bonds is 12. The minimum atomic E-state index is -0.844. The fourth-order valence-corrected chi connectivity index (χ4v) is 5.15. The van der Waals surface area contributed by atoms with Crippen LogP contribution in [0, 0.1) is 0 Å². The Balaban J connectivity index is 1.92. The Morgan fingerprint density at radius 3 is 2.77 bits per heavy atom. The van der Waals surface area contributed by atoms with Gasteiger partial charge in [0, 0.05) is 25.1 Å². The number of carboxylic acids is 1. The summed E-state index contributed by atoms with van der Waals surface area (Å²) in [5.41, 5.74) is 0. The van der Waals surface area contributed by atoms with E-state index in [2.05, 4.69) is 16.0 Å². The maximum Gasteiger partial charge on any atom is 0.315 e. The first kappa shape index (κ1) is 20.5. The van der Waals surface area contributed by atoms with Gasteiger partial charge in [-0.05, 0) is 25.7 Å². The smallest absolute Gasteiger partial charge is 0.315 e. The normalized spacial score (nSPS) is 26.7.